The Bertz CT molecular complexity index is 5110. The lowest BCUT2D eigenvalue weighted by molar-refractivity contribution is 1.14. The molecule has 0 radical (unpaired) electrons. The van der Waals surface area contributed by atoms with E-state index in [0.717, 1.165) is 62.2 Å². The van der Waals surface area contributed by atoms with Crippen molar-refractivity contribution in [2.75, 3.05) is 0 Å². The summed E-state index contributed by atoms with van der Waals surface area (Å²) in [7, 11) is 0. The first-order valence-corrected chi connectivity index (χ1v) is 23.5. The Kier molecular flexibility index (Phi) is 5.91. The molecule has 4 aromatic heterocycles. The molecule has 0 amide bonds. The number of nitrogens with zero attached hydrogens (tertiary/aromatic N) is 4. The topological polar surface area (TPSA) is 38.0 Å². The zero-order chi connectivity index (χ0) is 53.5. The third-order valence-electron chi connectivity index (χ3n) is 13.6. The molecule has 15 rings (SSSR count). The maximum atomic E-state index is 12.2. The second-order valence-electron chi connectivity index (χ2n) is 16.9. The van der Waals surface area contributed by atoms with E-state index in [1.807, 2.05) is 84.9 Å². The number of fused-ring (bicyclic) bond motifs is 14. The van der Waals surface area contributed by atoms with Crippen LogP contribution >= 0.6 is 22.7 Å². The minimum atomic E-state index is -0.612. The normalized spacial score (nSPS) is 14.1. The van der Waals surface area contributed by atoms with Gasteiger partial charge in [-0.05, 0) is 56.9 Å². The first kappa shape index (κ1) is 29.0. The fourth-order valence-corrected chi connectivity index (χ4v) is 13.4. The van der Waals surface area contributed by atoms with Crippen molar-refractivity contribution in [2.24, 2.45) is 0 Å². The zero-order valence-electron chi connectivity index (χ0n) is 45.3. The molecule has 0 saturated heterocycles. The van der Waals surface area contributed by atoms with Crippen LogP contribution in [-0.4, -0.2) is 9.13 Å². The molecule has 11 aromatic carbocycles. The molecule has 0 aliphatic heterocycles. The number of thiophene rings is 2. The van der Waals surface area contributed by atoms with Crippen molar-refractivity contribution in [3.63, 3.8) is 0 Å². The summed E-state index contributed by atoms with van der Waals surface area (Å²) in [4.78, 5) is 4.38. The van der Waals surface area contributed by atoms with Crippen LogP contribution in [0.25, 0.3) is 144 Å². The van der Waals surface area contributed by atoms with Crippen molar-refractivity contribution < 1.29 is 13.7 Å². The number of nitriles is 1. The van der Waals surface area contributed by atoms with Gasteiger partial charge in [0.05, 0.1) is 68.7 Å². The summed E-state index contributed by atoms with van der Waals surface area (Å²) in [5.74, 6) is 0. The van der Waals surface area contributed by atoms with Gasteiger partial charge in [0, 0.05) is 63.6 Å². The van der Waals surface area contributed by atoms with Gasteiger partial charge in [0.1, 0.15) is 6.07 Å². The van der Waals surface area contributed by atoms with Gasteiger partial charge in [0.2, 0.25) is 5.69 Å². The summed E-state index contributed by atoms with van der Waals surface area (Å²) in [6.07, 6.45) is 0. The molecular formula is C62H32N4S2. The second kappa shape index (κ2) is 13.9. The third kappa shape index (κ3) is 4.79. The lowest BCUT2D eigenvalue weighted by Crippen LogP contribution is -2.09. The Labute approximate surface area is 410 Å². The first-order valence-electron chi connectivity index (χ1n) is 26.9. The van der Waals surface area contributed by atoms with E-state index in [0.29, 0.717) is 22.4 Å². The SMILES string of the molecule is [2H]c1c([2H])c([2H])c2c(c1[2H])c1c([2H])c([2H])c([2H])c3c1c1c2c([2H])c([2H])c([2H])c1n3-c1c([N+]#[C-])c(-c2ccccc2)c(C#N)c(-n2c3c(ccc4c5ccccc5sc43)c3ccc4c5ccccc5sc4c32)c1-c1ccccc1. The number of aromatic nitrogens is 2. The van der Waals surface area contributed by atoms with Crippen molar-refractivity contribution in [3.05, 3.63) is 211 Å². The van der Waals surface area contributed by atoms with Crippen LogP contribution in [0.2, 0.25) is 0 Å². The van der Waals surface area contributed by atoms with Crippen LogP contribution < -0.4 is 0 Å². The van der Waals surface area contributed by atoms with E-state index in [9.17, 15) is 22.8 Å². The van der Waals surface area contributed by atoms with Crippen LogP contribution in [0.15, 0.2) is 194 Å². The Morgan fingerprint density at radius 1 is 0.456 bits per heavy atom. The molecule has 0 bridgehead atoms. The molecule has 312 valence electrons. The fraction of sp³-hybridized carbons (Fsp3) is 0. The molecule has 0 N–H and O–H groups in total. The highest BCUT2D eigenvalue weighted by Gasteiger charge is 2.33. The summed E-state index contributed by atoms with van der Waals surface area (Å²) in [5, 5.41) is 17.8. The lowest BCUT2D eigenvalue weighted by atomic mass is 9.88. The first-order chi connectivity index (χ1) is 37.9. The van der Waals surface area contributed by atoms with E-state index in [4.69, 9.17) is 2.74 Å². The summed E-state index contributed by atoms with van der Waals surface area (Å²) in [6, 6.07) is 40.7. The smallest absolute Gasteiger partial charge is 0.220 e. The summed E-state index contributed by atoms with van der Waals surface area (Å²) < 4.78 is 102. The number of rotatable bonds is 4. The van der Waals surface area contributed by atoms with Crippen molar-refractivity contribution >= 4 is 134 Å². The minimum absolute atomic E-state index is 0.0650. The summed E-state index contributed by atoms with van der Waals surface area (Å²) in [5.41, 5.74) is 3.60. The Hall–Kier alpha value is -8.78. The highest BCUT2D eigenvalue weighted by Crippen LogP contribution is 2.55. The summed E-state index contributed by atoms with van der Waals surface area (Å²) in [6.45, 7) is 9.42. The molecule has 4 heterocycles. The van der Waals surface area contributed by atoms with Crippen LogP contribution in [0.3, 0.4) is 0 Å². The molecule has 0 fully saturated rings. The van der Waals surface area contributed by atoms with Crippen molar-refractivity contribution in [1.29, 1.82) is 5.26 Å². The standard InChI is InChI=1S/C62H32N4S2/c1-64-56-52(35-16-4-2-5-17-35)47(34-63)57(53(36-18-6-3-7-19-36)60(56)65-48-26-14-24-41-37-20-8-9-21-38(37)42-25-15-27-49(65)55(42)54(41)48)66-58-43(30-32-45-39-22-10-12-28-50(39)67-61(45)58)44-31-33-46-40-23-11-13-29-51(40)68-62(46)59(44)66/h2-33H/i8D,9D,14D,15D,20D,21D,24D,25D,26D,27D. The van der Waals surface area contributed by atoms with Crippen LogP contribution in [0.1, 0.15) is 19.3 Å². The minimum Gasteiger partial charge on any atom is -0.318 e. The molecule has 0 unspecified atom stereocenters. The average Bonchev–Trinajstić information content (AvgIpc) is 3.65. The van der Waals surface area contributed by atoms with Crippen LogP contribution in [0.5, 0.6) is 0 Å². The molecular weight excluding hydrogens is 865 g/mol. The van der Waals surface area contributed by atoms with Gasteiger partial charge < -0.3 is 9.13 Å². The highest BCUT2D eigenvalue weighted by atomic mass is 32.1. The van der Waals surface area contributed by atoms with Crippen LogP contribution in [-0.2, 0) is 0 Å². The van der Waals surface area contributed by atoms with Gasteiger partial charge >= 0.3 is 0 Å². The van der Waals surface area contributed by atoms with E-state index in [1.165, 1.54) is 4.57 Å². The van der Waals surface area contributed by atoms with Gasteiger partial charge in [-0.3, -0.25) is 0 Å². The molecule has 0 saturated carbocycles. The lowest BCUT2D eigenvalue weighted by Gasteiger charge is -2.26. The predicted octanol–water partition coefficient (Wildman–Crippen LogP) is 18.1. The predicted molar refractivity (Wildman–Crippen MR) is 289 cm³/mol. The molecule has 0 spiro atoms. The monoisotopic (exact) mass is 906 g/mol. The van der Waals surface area contributed by atoms with E-state index in [-0.39, 0.29) is 65.9 Å². The van der Waals surface area contributed by atoms with Gasteiger partial charge in [-0.15, -0.1) is 22.7 Å². The molecule has 6 heteroatoms. The van der Waals surface area contributed by atoms with Crippen molar-refractivity contribution in [3.8, 4) is 39.7 Å². The summed E-state index contributed by atoms with van der Waals surface area (Å²) >= 11 is 3.27. The Morgan fingerprint density at radius 2 is 0.926 bits per heavy atom. The maximum Gasteiger partial charge on any atom is 0.220 e. The van der Waals surface area contributed by atoms with Gasteiger partial charge in [-0.1, -0.05) is 170 Å². The van der Waals surface area contributed by atoms with Crippen molar-refractivity contribution in [1.82, 2.24) is 9.13 Å². The van der Waals surface area contributed by atoms with E-state index >= 15 is 0 Å². The Morgan fingerprint density at radius 3 is 1.44 bits per heavy atom. The number of hydrogen-bond donors (Lipinski definition) is 0. The number of hydrogen-bond acceptors (Lipinski definition) is 3. The zero-order valence-corrected chi connectivity index (χ0v) is 36.9. The van der Waals surface area contributed by atoms with Gasteiger partial charge in [0.25, 0.3) is 0 Å². The third-order valence-corrected chi connectivity index (χ3v) is 16.0. The molecule has 68 heavy (non-hydrogen) atoms. The average molecular weight is 907 g/mol. The molecule has 0 atom stereocenters. The second-order valence-corrected chi connectivity index (χ2v) is 19.0. The molecule has 0 aliphatic rings. The van der Waals surface area contributed by atoms with Gasteiger partial charge in [-0.25, -0.2) is 4.85 Å². The van der Waals surface area contributed by atoms with Crippen LogP contribution in [0.4, 0.5) is 5.69 Å². The van der Waals surface area contributed by atoms with E-state index in [1.54, 1.807) is 22.7 Å². The van der Waals surface area contributed by atoms with Crippen molar-refractivity contribution in [2.45, 2.75) is 0 Å². The van der Waals surface area contributed by atoms with Gasteiger partial charge in [-0.2, -0.15) is 5.26 Å². The Balaban J connectivity index is 1.30. The molecule has 0 aliphatic carbocycles. The fourth-order valence-electron chi connectivity index (χ4n) is 10.9. The highest BCUT2D eigenvalue weighted by molar-refractivity contribution is 7.27. The van der Waals surface area contributed by atoms with Crippen LogP contribution in [0, 0.1) is 17.9 Å². The quantitative estimate of drug-likeness (QED) is 0.128. The number of benzene rings is 11. The van der Waals surface area contributed by atoms with Gasteiger partial charge in [0.15, 0.2) is 0 Å². The largest absolute Gasteiger partial charge is 0.318 e. The molecule has 15 aromatic rings. The van der Waals surface area contributed by atoms with E-state index < -0.39 is 60.4 Å². The maximum absolute atomic E-state index is 12.2. The molecule has 4 nitrogen and oxygen atoms in total. The van der Waals surface area contributed by atoms with E-state index in [2.05, 4.69) is 64.0 Å².